The highest BCUT2D eigenvalue weighted by atomic mass is 35.5. The molecule has 0 radical (unpaired) electrons. The number of halogens is 3. The molecule has 0 amide bonds. The zero-order chi connectivity index (χ0) is 14.5. The van der Waals surface area contributed by atoms with E-state index in [4.69, 9.17) is 20.8 Å². The highest BCUT2D eigenvalue weighted by Crippen LogP contribution is 2.25. The Kier molecular flexibility index (Phi) is 4.57. The number of ether oxygens (including phenoxy) is 2. The van der Waals surface area contributed by atoms with Gasteiger partial charge < -0.3 is 13.9 Å². The molecule has 0 aliphatic carbocycles. The van der Waals surface area contributed by atoms with Gasteiger partial charge in [-0.2, -0.15) is 8.78 Å². The van der Waals surface area contributed by atoms with E-state index in [0.717, 1.165) is 0 Å². The monoisotopic (exact) mass is 302 g/mol. The molecule has 1 aromatic carbocycles. The summed E-state index contributed by atoms with van der Waals surface area (Å²) in [5.41, 5.74) is 0.234. The standard InChI is InChI=1S/C13H9ClF2O4/c14-9-3-4-10(20-13(15)16)8(6-9)7-19-12(17)11-2-1-5-18-11/h1-6,13H,7H2. The van der Waals surface area contributed by atoms with E-state index < -0.39 is 12.6 Å². The third-order valence-corrected chi connectivity index (χ3v) is 2.55. The molecule has 1 aromatic heterocycles. The number of hydrogen-bond acceptors (Lipinski definition) is 4. The second-order valence-electron chi connectivity index (χ2n) is 3.68. The molecule has 0 aliphatic rings. The molecule has 0 aliphatic heterocycles. The summed E-state index contributed by atoms with van der Waals surface area (Å²) in [4.78, 5) is 11.6. The van der Waals surface area contributed by atoms with Crippen molar-refractivity contribution in [1.29, 1.82) is 0 Å². The zero-order valence-corrected chi connectivity index (χ0v) is 10.8. The van der Waals surface area contributed by atoms with Gasteiger partial charge in [-0.15, -0.1) is 0 Å². The zero-order valence-electron chi connectivity index (χ0n) is 10.0. The molecule has 106 valence electrons. The smallest absolute Gasteiger partial charge is 0.387 e. The molecule has 2 aromatic rings. The minimum atomic E-state index is -2.98. The van der Waals surface area contributed by atoms with E-state index in [2.05, 4.69) is 4.74 Å². The molecule has 0 atom stereocenters. The molecule has 0 fully saturated rings. The van der Waals surface area contributed by atoms with Crippen LogP contribution < -0.4 is 4.74 Å². The third-order valence-electron chi connectivity index (χ3n) is 2.32. The second kappa shape index (κ2) is 6.38. The topological polar surface area (TPSA) is 48.7 Å². The highest BCUT2D eigenvalue weighted by Gasteiger charge is 2.14. The van der Waals surface area contributed by atoms with Gasteiger partial charge in [-0.05, 0) is 30.3 Å². The van der Waals surface area contributed by atoms with Crippen molar-refractivity contribution in [1.82, 2.24) is 0 Å². The number of carbonyl (C=O) groups is 1. The lowest BCUT2D eigenvalue weighted by Gasteiger charge is -2.11. The Morgan fingerprint density at radius 3 is 2.80 bits per heavy atom. The van der Waals surface area contributed by atoms with Crippen LogP contribution >= 0.6 is 11.6 Å². The van der Waals surface area contributed by atoms with Gasteiger partial charge >= 0.3 is 12.6 Å². The first kappa shape index (κ1) is 14.3. The number of rotatable bonds is 5. The molecule has 1 heterocycles. The van der Waals surface area contributed by atoms with Crippen molar-refractivity contribution in [3.8, 4) is 5.75 Å². The van der Waals surface area contributed by atoms with Crippen molar-refractivity contribution in [2.75, 3.05) is 0 Å². The number of carbonyl (C=O) groups excluding carboxylic acids is 1. The third kappa shape index (κ3) is 3.71. The number of hydrogen-bond donors (Lipinski definition) is 0. The molecular formula is C13H9ClF2O4. The van der Waals surface area contributed by atoms with Gasteiger partial charge in [-0.3, -0.25) is 0 Å². The van der Waals surface area contributed by atoms with Crippen molar-refractivity contribution in [2.45, 2.75) is 13.2 Å². The van der Waals surface area contributed by atoms with Gasteiger partial charge in [0, 0.05) is 10.6 Å². The Balaban J connectivity index is 2.08. The molecular weight excluding hydrogens is 294 g/mol. The summed E-state index contributed by atoms with van der Waals surface area (Å²) in [5, 5.41) is 0.315. The Bertz CT molecular complexity index is 584. The van der Waals surface area contributed by atoms with Gasteiger partial charge in [0.1, 0.15) is 12.4 Å². The van der Waals surface area contributed by atoms with Crippen LogP contribution in [0, 0.1) is 0 Å². The van der Waals surface area contributed by atoms with Gasteiger partial charge in [0.2, 0.25) is 5.76 Å². The first-order valence-electron chi connectivity index (χ1n) is 5.50. The van der Waals surface area contributed by atoms with Crippen LogP contribution in [0.1, 0.15) is 16.1 Å². The van der Waals surface area contributed by atoms with E-state index in [0.29, 0.717) is 5.02 Å². The molecule has 0 saturated carbocycles. The van der Waals surface area contributed by atoms with Crippen LogP contribution in [0.15, 0.2) is 41.0 Å². The summed E-state index contributed by atoms with van der Waals surface area (Å²) >= 11 is 5.77. The summed E-state index contributed by atoms with van der Waals surface area (Å²) in [6.45, 7) is -3.24. The van der Waals surface area contributed by atoms with Crippen molar-refractivity contribution < 1.29 is 27.5 Å². The van der Waals surface area contributed by atoms with Gasteiger partial charge in [0.15, 0.2) is 0 Å². The Morgan fingerprint density at radius 1 is 1.35 bits per heavy atom. The highest BCUT2D eigenvalue weighted by molar-refractivity contribution is 6.30. The van der Waals surface area contributed by atoms with E-state index >= 15 is 0 Å². The summed E-state index contributed by atoms with van der Waals surface area (Å²) in [6.07, 6.45) is 1.32. The van der Waals surface area contributed by atoms with E-state index in [-0.39, 0.29) is 23.7 Å². The summed E-state index contributed by atoms with van der Waals surface area (Å²) in [6, 6.07) is 7.02. The first-order valence-corrected chi connectivity index (χ1v) is 5.88. The Hall–Kier alpha value is -2.08. The minimum Gasteiger partial charge on any atom is -0.457 e. The SMILES string of the molecule is O=C(OCc1cc(Cl)ccc1OC(F)F)c1ccco1. The predicted molar refractivity (Wildman–Crippen MR) is 65.9 cm³/mol. The maximum absolute atomic E-state index is 12.2. The largest absolute Gasteiger partial charge is 0.457 e. The summed E-state index contributed by atoms with van der Waals surface area (Å²) in [7, 11) is 0. The van der Waals surface area contributed by atoms with E-state index in [1.54, 1.807) is 0 Å². The van der Waals surface area contributed by atoms with Crippen molar-refractivity contribution >= 4 is 17.6 Å². The van der Waals surface area contributed by atoms with E-state index in [1.807, 2.05) is 0 Å². The number of benzene rings is 1. The minimum absolute atomic E-state index is 0.0170. The van der Waals surface area contributed by atoms with Crippen LogP contribution in [0.5, 0.6) is 5.75 Å². The molecule has 0 bridgehead atoms. The maximum Gasteiger partial charge on any atom is 0.387 e. The number of alkyl halides is 2. The molecule has 7 heteroatoms. The van der Waals surface area contributed by atoms with Crippen LogP contribution in [0.4, 0.5) is 8.78 Å². The van der Waals surface area contributed by atoms with Crippen LogP contribution in [-0.2, 0) is 11.3 Å². The van der Waals surface area contributed by atoms with Gasteiger partial charge in [0.25, 0.3) is 0 Å². The summed E-state index contributed by atoms with van der Waals surface area (Å²) < 4.78 is 38.6. The van der Waals surface area contributed by atoms with Gasteiger partial charge in [0.05, 0.1) is 6.26 Å². The molecule has 0 N–H and O–H groups in total. The fourth-order valence-corrected chi connectivity index (χ4v) is 1.68. The lowest BCUT2D eigenvalue weighted by molar-refractivity contribution is -0.0510. The Labute approximate surface area is 117 Å². The number of esters is 1. The Morgan fingerprint density at radius 2 is 2.15 bits per heavy atom. The van der Waals surface area contributed by atoms with Crippen LogP contribution in [0.2, 0.25) is 5.02 Å². The molecule has 4 nitrogen and oxygen atoms in total. The van der Waals surface area contributed by atoms with E-state index in [1.165, 1.54) is 36.6 Å². The maximum atomic E-state index is 12.2. The molecule has 0 spiro atoms. The van der Waals surface area contributed by atoms with Crippen LogP contribution in [0.25, 0.3) is 0 Å². The average Bonchev–Trinajstić information content (AvgIpc) is 2.92. The predicted octanol–water partition coefficient (Wildman–Crippen LogP) is 3.89. The van der Waals surface area contributed by atoms with Gasteiger partial charge in [-0.1, -0.05) is 11.6 Å². The molecule has 0 unspecified atom stereocenters. The fourth-order valence-electron chi connectivity index (χ4n) is 1.48. The van der Waals surface area contributed by atoms with Crippen molar-refractivity contribution in [3.63, 3.8) is 0 Å². The lowest BCUT2D eigenvalue weighted by Crippen LogP contribution is -2.08. The van der Waals surface area contributed by atoms with Crippen molar-refractivity contribution in [3.05, 3.63) is 52.9 Å². The normalized spacial score (nSPS) is 10.6. The van der Waals surface area contributed by atoms with Crippen molar-refractivity contribution in [2.24, 2.45) is 0 Å². The number of furan rings is 1. The lowest BCUT2D eigenvalue weighted by atomic mass is 10.2. The summed E-state index contributed by atoms with van der Waals surface area (Å²) in [5.74, 6) is -0.794. The molecule has 20 heavy (non-hydrogen) atoms. The van der Waals surface area contributed by atoms with Gasteiger partial charge in [-0.25, -0.2) is 4.79 Å². The quantitative estimate of drug-likeness (QED) is 0.786. The van der Waals surface area contributed by atoms with Crippen LogP contribution in [-0.4, -0.2) is 12.6 Å². The second-order valence-corrected chi connectivity index (χ2v) is 4.12. The fraction of sp³-hybridized carbons (Fsp3) is 0.154. The molecule has 0 saturated heterocycles. The average molecular weight is 303 g/mol. The first-order chi connectivity index (χ1) is 9.56. The molecule has 2 rings (SSSR count). The van der Waals surface area contributed by atoms with E-state index in [9.17, 15) is 13.6 Å². The van der Waals surface area contributed by atoms with Crippen LogP contribution in [0.3, 0.4) is 0 Å².